The Bertz CT molecular complexity index is 1080. The lowest BCUT2D eigenvalue weighted by atomic mass is 10.0. The van der Waals surface area contributed by atoms with Crippen LogP contribution in [-0.4, -0.2) is 52.0 Å². The number of carbonyl (C=O) groups is 5. The molecule has 6 amide bonds. The molecule has 2 aliphatic rings. The van der Waals surface area contributed by atoms with Gasteiger partial charge in [-0.15, -0.1) is 0 Å². The second-order valence-corrected chi connectivity index (χ2v) is 7.28. The summed E-state index contributed by atoms with van der Waals surface area (Å²) in [6.07, 6.45) is 3.21. The van der Waals surface area contributed by atoms with Gasteiger partial charge in [-0.25, -0.2) is 4.79 Å². The first-order valence-corrected chi connectivity index (χ1v) is 9.81. The summed E-state index contributed by atoms with van der Waals surface area (Å²) in [6, 6.07) is 4.76. The van der Waals surface area contributed by atoms with E-state index in [9.17, 15) is 24.0 Å². The minimum absolute atomic E-state index is 0.0502. The topological polar surface area (TPSA) is 129 Å². The maximum atomic E-state index is 12.9. The molecule has 0 radical (unpaired) electrons. The Kier molecular flexibility index (Phi) is 5.28. The number of benzene rings is 1. The number of nitrogens with one attached hydrogen (secondary N) is 2. The molecule has 1 aromatic heterocycles. The molecular weight excluding hydrogens is 404 g/mol. The van der Waals surface area contributed by atoms with E-state index in [1.165, 1.54) is 24.5 Å². The summed E-state index contributed by atoms with van der Waals surface area (Å²) < 4.78 is 5.02. The number of fused-ring (bicyclic) bond motifs is 1. The molecule has 10 nitrogen and oxygen atoms in total. The number of rotatable bonds is 5. The first-order chi connectivity index (χ1) is 14.9. The minimum atomic E-state index is -1.03. The van der Waals surface area contributed by atoms with Gasteiger partial charge in [0.1, 0.15) is 6.04 Å². The summed E-state index contributed by atoms with van der Waals surface area (Å²) in [7, 11) is 0. The third-order valence-corrected chi connectivity index (χ3v) is 5.31. The summed E-state index contributed by atoms with van der Waals surface area (Å²) in [6.45, 7) is 2.63. The van der Waals surface area contributed by atoms with Crippen LogP contribution < -0.4 is 10.6 Å². The SMILES string of the molecule is CCN(Cc1ccoc1)C(=O)Nc1ccc2c(c1)C(=O)N(C1CCC(=O)NC1=O)C2=O. The summed E-state index contributed by atoms with van der Waals surface area (Å²) in [5.74, 6) is -2.32. The molecule has 0 saturated carbocycles. The van der Waals surface area contributed by atoms with Crippen molar-refractivity contribution >= 4 is 35.3 Å². The molecule has 0 bridgehead atoms. The summed E-state index contributed by atoms with van der Waals surface area (Å²) in [5.41, 5.74) is 1.44. The van der Waals surface area contributed by atoms with Gasteiger partial charge in [0, 0.05) is 24.2 Å². The zero-order chi connectivity index (χ0) is 22.1. The van der Waals surface area contributed by atoms with Crippen LogP contribution in [0, 0.1) is 0 Å². The molecule has 1 aromatic carbocycles. The van der Waals surface area contributed by atoms with Crippen LogP contribution in [-0.2, 0) is 16.1 Å². The Labute approximate surface area is 177 Å². The lowest BCUT2D eigenvalue weighted by Crippen LogP contribution is -2.54. The quantitative estimate of drug-likeness (QED) is 0.704. The molecule has 2 N–H and O–H groups in total. The Morgan fingerprint density at radius 1 is 1.19 bits per heavy atom. The Morgan fingerprint density at radius 3 is 2.65 bits per heavy atom. The monoisotopic (exact) mass is 424 g/mol. The van der Waals surface area contributed by atoms with Gasteiger partial charge >= 0.3 is 6.03 Å². The van der Waals surface area contributed by atoms with Crippen molar-refractivity contribution in [1.82, 2.24) is 15.1 Å². The molecule has 31 heavy (non-hydrogen) atoms. The van der Waals surface area contributed by atoms with Crippen molar-refractivity contribution in [3.05, 3.63) is 53.5 Å². The lowest BCUT2D eigenvalue weighted by Gasteiger charge is -2.27. The zero-order valence-electron chi connectivity index (χ0n) is 16.7. The number of carbonyl (C=O) groups excluding carboxylic acids is 5. The van der Waals surface area contributed by atoms with Crippen molar-refractivity contribution in [1.29, 1.82) is 0 Å². The lowest BCUT2D eigenvalue weighted by molar-refractivity contribution is -0.136. The minimum Gasteiger partial charge on any atom is -0.472 e. The Hall–Kier alpha value is -3.95. The average Bonchev–Trinajstić information content (AvgIpc) is 3.34. The van der Waals surface area contributed by atoms with Crippen LogP contribution in [0.5, 0.6) is 0 Å². The predicted molar refractivity (Wildman–Crippen MR) is 107 cm³/mol. The van der Waals surface area contributed by atoms with E-state index < -0.39 is 29.7 Å². The number of piperidine rings is 1. The molecule has 1 saturated heterocycles. The number of amides is 6. The molecule has 1 fully saturated rings. The standard InChI is InChI=1S/C21H20N4O6/c1-2-24(10-12-7-8-31-11-12)21(30)22-13-3-4-14-15(9-13)20(29)25(19(14)28)16-5-6-17(26)23-18(16)27/h3-4,7-9,11,16H,2,5-6,10H2,1H3,(H,22,30)(H,23,26,27). The van der Waals surface area contributed by atoms with E-state index in [0.29, 0.717) is 18.8 Å². The summed E-state index contributed by atoms with van der Waals surface area (Å²) >= 11 is 0. The fourth-order valence-electron chi connectivity index (χ4n) is 3.68. The number of anilines is 1. The number of hydrogen-bond acceptors (Lipinski definition) is 6. The van der Waals surface area contributed by atoms with Crippen molar-refractivity contribution in [3.63, 3.8) is 0 Å². The summed E-state index contributed by atoms with van der Waals surface area (Å²) in [5, 5.41) is 4.89. The van der Waals surface area contributed by atoms with E-state index >= 15 is 0 Å². The number of imide groups is 2. The molecule has 0 aliphatic carbocycles. The van der Waals surface area contributed by atoms with E-state index in [-0.39, 0.29) is 30.0 Å². The highest BCUT2D eigenvalue weighted by Crippen LogP contribution is 2.29. The molecular formula is C21H20N4O6. The molecule has 10 heteroatoms. The van der Waals surface area contributed by atoms with Crippen LogP contribution in [0.25, 0.3) is 0 Å². The maximum Gasteiger partial charge on any atom is 0.322 e. The van der Waals surface area contributed by atoms with Gasteiger partial charge in [-0.3, -0.25) is 29.4 Å². The van der Waals surface area contributed by atoms with Crippen molar-refractivity contribution in [3.8, 4) is 0 Å². The third kappa shape index (κ3) is 3.79. The van der Waals surface area contributed by atoms with Crippen LogP contribution in [0.2, 0.25) is 0 Å². The molecule has 2 aliphatic heterocycles. The van der Waals surface area contributed by atoms with E-state index in [2.05, 4.69) is 10.6 Å². The number of urea groups is 1. The van der Waals surface area contributed by atoms with E-state index in [1.54, 1.807) is 17.2 Å². The predicted octanol–water partition coefficient (Wildman–Crippen LogP) is 1.73. The average molecular weight is 424 g/mol. The number of furan rings is 1. The summed E-state index contributed by atoms with van der Waals surface area (Å²) in [4.78, 5) is 64.2. The van der Waals surface area contributed by atoms with E-state index in [0.717, 1.165) is 10.5 Å². The Morgan fingerprint density at radius 2 is 1.97 bits per heavy atom. The highest BCUT2D eigenvalue weighted by molar-refractivity contribution is 6.23. The van der Waals surface area contributed by atoms with Crippen molar-refractivity contribution in [2.45, 2.75) is 32.4 Å². The normalized spacial score (nSPS) is 18.1. The van der Waals surface area contributed by atoms with Gasteiger partial charge in [0.15, 0.2) is 0 Å². The van der Waals surface area contributed by atoms with Gasteiger partial charge in [-0.05, 0) is 37.6 Å². The van der Waals surface area contributed by atoms with E-state index in [4.69, 9.17) is 4.42 Å². The molecule has 0 spiro atoms. The first kappa shape index (κ1) is 20.3. The van der Waals surface area contributed by atoms with Crippen LogP contribution in [0.1, 0.15) is 46.0 Å². The highest BCUT2D eigenvalue weighted by atomic mass is 16.3. The maximum absolute atomic E-state index is 12.9. The van der Waals surface area contributed by atoms with Gasteiger partial charge < -0.3 is 14.6 Å². The molecule has 1 unspecified atom stereocenters. The van der Waals surface area contributed by atoms with Crippen LogP contribution >= 0.6 is 0 Å². The molecule has 1 atom stereocenters. The third-order valence-electron chi connectivity index (χ3n) is 5.31. The molecule has 3 heterocycles. The highest BCUT2D eigenvalue weighted by Gasteiger charge is 2.44. The second-order valence-electron chi connectivity index (χ2n) is 7.28. The van der Waals surface area contributed by atoms with Crippen LogP contribution in [0.4, 0.5) is 10.5 Å². The molecule has 2 aromatic rings. The fourth-order valence-corrected chi connectivity index (χ4v) is 3.68. The molecule has 160 valence electrons. The van der Waals surface area contributed by atoms with Crippen molar-refractivity contribution in [2.24, 2.45) is 0 Å². The first-order valence-electron chi connectivity index (χ1n) is 9.81. The molecule has 4 rings (SSSR count). The second kappa shape index (κ2) is 8.05. The van der Waals surface area contributed by atoms with E-state index in [1.807, 2.05) is 6.92 Å². The van der Waals surface area contributed by atoms with Gasteiger partial charge in [-0.1, -0.05) is 0 Å². The number of nitrogens with zero attached hydrogens (tertiary/aromatic N) is 2. The number of hydrogen-bond donors (Lipinski definition) is 2. The smallest absolute Gasteiger partial charge is 0.322 e. The largest absolute Gasteiger partial charge is 0.472 e. The van der Waals surface area contributed by atoms with Gasteiger partial charge in [0.25, 0.3) is 11.8 Å². The van der Waals surface area contributed by atoms with Crippen molar-refractivity contribution < 1.29 is 28.4 Å². The fraction of sp³-hybridized carbons (Fsp3) is 0.286. The Balaban J connectivity index is 1.51. The van der Waals surface area contributed by atoms with Gasteiger partial charge in [0.05, 0.1) is 30.2 Å². The van der Waals surface area contributed by atoms with Crippen molar-refractivity contribution in [2.75, 3.05) is 11.9 Å². The zero-order valence-corrected chi connectivity index (χ0v) is 16.7. The van der Waals surface area contributed by atoms with Crippen LogP contribution in [0.3, 0.4) is 0 Å². The van der Waals surface area contributed by atoms with Crippen LogP contribution in [0.15, 0.2) is 41.2 Å². The van der Waals surface area contributed by atoms with Gasteiger partial charge in [-0.2, -0.15) is 0 Å². The van der Waals surface area contributed by atoms with Gasteiger partial charge in [0.2, 0.25) is 11.8 Å².